The SMILES string of the molecule is Cc1cc(CN2CCN(Cc3nc(-c4ccc(C(F)(F)F)cc4)no3)CC2)no1. The van der Waals surface area contributed by atoms with Crippen LogP contribution in [0.4, 0.5) is 13.2 Å². The molecule has 0 unspecified atom stereocenters. The summed E-state index contributed by atoms with van der Waals surface area (Å²) in [5, 5.41) is 7.91. The van der Waals surface area contributed by atoms with Crippen molar-refractivity contribution in [3.63, 3.8) is 0 Å². The number of alkyl halides is 3. The Morgan fingerprint density at radius 1 is 0.931 bits per heavy atom. The Hall–Kier alpha value is -2.72. The maximum absolute atomic E-state index is 12.7. The molecule has 7 nitrogen and oxygen atoms in total. The van der Waals surface area contributed by atoms with Gasteiger partial charge in [-0.25, -0.2) is 0 Å². The van der Waals surface area contributed by atoms with E-state index in [4.69, 9.17) is 9.05 Å². The lowest BCUT2D eigenvalue weighted by Gasteiger charge is -2.33. The Bertz CT molecular complexity index is 943. The number of benzene rings is 1. The summed E-state index contributed by atoms with van der Waals surface area (Å²) in [6.07, 6.45) is -4.37. The van der Waals surface area contributed by atoms with E-state index >= 15 is 0 Å². The van der Waals surface area contributed by atoms with E-state index in [0.29, 0.717) is 18.0 Å². The molecule has 0 N–H and O–H groups in total. The second-order valence-corrected chi connectivity index (χ2v) is 7.07. The number of hydrogen-bond donors (Lipinski definition) is 0. The highest BCUT2D eigenvalue weighted by Crippen LogP contribution is 2.30. The van der Waals surface area contributed by atoms with Gasteiger partial charge in [0.15, 0.2) is 0 Å². The number of rotatable bonds is 5. The second-order valence-electron chi connectivity index (χ2n) is 7.07. The summed E-state index contributed by atoms with van der Waals surface area (Å²) in [4.78, 5) is 8.82. The lowest BCUT2D eigenvalue weighted by atomic mass is 10.1. The number of aromatic nitrogens is 3. The molecule has 1 saturated heterocycles. The predicted octanol–water partition coefficient (Wildman–Crippen LogP) is 3.37. The van der Waals surface area contributed by atoms with Gasteiger partial charge in [0.2, 0.25) is 11.7 Å². The van der Waals surface area contributed by atoms with Crippen LogP contribution in [0.3, 0.4) is 0 Å². The molecule has 2 aromatic heterocycles. The molecule has 0 atom stereocenters. The molecule has 154 valence electrons. The molecule has 1 aliphatic rings. The fraction of sp³-hybridized carbons (Fsp3) is 0.421. The first-order valence-electron chi connectivity index (χ1n) is 9.24. The highest BCUT2D eigenvalue weighted by atomic mass is 19.4. The molecule has 3 aromatic rings. The number of piperazine rings is 1. The quantitative estimate of drug-likeness (QED) is 0.642. The first-order valence-corrected chi connectivity index (χ1v) is 9.24. The first-order chi connectivity index (χ1) is 13.9. The van der Waals surface area contributed by atoms with Crippen molar-refractivity contribution in [2.24, 2.45) is 0 Å². The van der Waals surface area contributed by atoms with Crippen molar-refractivity contribution in [2.45, 2.75) is 26.2 Å². The molecule has 3 heterocycles. The van der Waals surface area contributed by atoms with Gasteiger partial charge in [0, 0.05) is 44.4 Å². The average molecular weight is 407 g/mol. The minimum absolute atomic E-state index is 0.286. The molecule has 0 spiro atoms. The standard InChI is InChI=1S/C19H20F3N5O2/c1-13-10-16(24-28-13)11-26-6-8-27(9-7-26)12-17-23-18(25-29-17)14-2-4-15(5-3-14)19(20,21)22/h2-5,10H,6-9,11-12H2,1H3. The number of hydrogen-bond acceptors (Lipinski definition) is 7. The molecular weight excluding hydrogens is 387 g/mol. The highest BCUT2D eigenvalue weighted by molar-refractivity contribution is 5.54. The van der Waals surface area contributed by atoms with Gasteiger partial charge in [-0.1, -0.05) is 22.4 Å². The fourth-order valence-corrected chi connectivity index (χ4v) is 3.26. The summed E-state index contributed by atoms with van der Waals surface area (Å²) in [6.45, 7) is 6.58. The molecule has 29 heavy (non-hydrogen) atoms. The lowest BCUT2D eigenvalue weighted by molar-refractivity contribution is -0.137. The summed E-state index contributed by atoms with van der Waals surface area (Å²) in [6, 6.07) is 6.67. The zero-order valence-electron chi connectivity index (χ0n) is 15.8. The van der Waals surface area contributed by atoms with Crippen LogP contribution in [-0.4, -0.2) is 51.3 Å². The smallest absolute Gasteiger partial charge is 0.361 e. The largest absolute Gasteiger partial charge is 0.416 e. The molecule has 0 saturated carbocycles. The third-order valence-corrected chi connectivity index (χ3v) is 4.82. The Kier molecular flexibility index (Phi) is 5.37. The Morgan fingerprint density at radius 3 is 2.17 bits per heavy atom. The monoisotopic (exact) mass is 407 g/mol. The molecule has 1 aliphatic heterocycles. The lowest BCUT2D eigenvalue weighted by Crippen LogP contribution is -2.45. The molecule has 1 aromatic carbocycles. The van der Waals surface area contributed by atoms with Crippen molar-refractivity contribution in [3.8, 4) is 11.4 Å². The van der Waals surface area contributed by atoms with Gasteiger partial charge in [-0.05, 0) is 19.1 Å². The number of nitrogens with zero attached hydrogens (tertiary/aromatic N) is 5. The summed E-state index contributed by atoms with van der Waals surface area (Å²) >= 11 is 0. The van der Waals surface area contributed by atoms with Crippen molar-refractivity contribution in [1.29, 1.82) is 0 Å². The van der Waals surface area contributed by atoms with Gasteiger partial charge in [-0.3, -0.25) is 9.80 Å². The van der Waals surface area contributed by atoms with Crippen LogP contribution in [0.5, 0.6) is 0 Å². The Morgan fingerprint density at radius 2 is 1.59 bits per heavy atom. The summed E-state index contributed by atoms with van der Waals surface area (Å²) in [7, 11) is 0. The predicted molar refractivity (Wildman–Crippen MR) is 96.5 cm³/mol. The normalized spacial score (nSPS) is 16.4. The average Bonchev–Trinajstić information content (AvgIpc) is 3.32. The third kappa shape index (κ3) is 4.83. The highest BCUT2D eigenvalue weighted by Gasteiger charge is 2.30. The molecule has 0 radical (unpaired) electrons. The van der Waals surface area contributed by atoms with Crippen LogP contribution in [0, 0.1) is 6.92 Å². The van der Waals surface area contributed by atoms with Crippen molar-refractivity contribution in [3.05, 3.63) is 53.2 Å². The second kappa shape index (κ2) is 7.96. The fourth-order valence-electron chi connectivity index (χ4n) is 3.26. The zero-order valence-corrected chi connectivity index (χ0v) is 15.8. The van der Waals surface area contributed by atoms with Crippen LogP contribution >= 0.6 is 0 Å². The van der Waals surface area contributed by atoms with Crippen molar-refractivity contribution in [2.75, 3.05) is 26.2 Å². The van der Waals surface area contributed by atoms with Crippen LogP contribution < -0.4 is 0 Å². The van der Waals surface area contributed by atoms with Crippen molar-refractivity contribution >= 4 is 0 Å². The Balaban J connectivity index is 1.30. The van der Waals surface area contributed by atoms with E-state index in [2.05, 4.69) is 25.1 Å². The summed E-state index contributed by atoms with van der Waals surface area (Å²) < 4.78 is 48.4. The van der Waals surface area contributed by atoms with Crippen LogP contribution in [0.25, 0.3) is 11.4 Å². The number of aryl methyl sites for hydroxylation is 1. The summed E-state index contributed by atoms with van der Waals surface area (Å²) in [5.74, 6) is 1.54. The number of halogens is 3. The molecule has 4 rings (SSSR count). The first kappa shape index (κ1) is 19.6. The van der Waals surface area contributed by atoms with Gasteiger partial charge in [0.25, 0.3) is 0 Å². The van der Waals surface area contributed by atoms with E-state index in [1.165, 1.54) is 12.1 Å². The van der Waals surface area contributed by atoms with Gasteiger partial charge in [0.1, 0.15) is 5.76 Å². The van der Waals surface area contributed by atoms with E-state index in [1.54, 1.807) is 0 Å². The molecular formula is C19H20F3N5O2. The maximum Gasteiger partial charge on any atom is 0.416 e. The van der Waals surface area contributed by atoms with Gasteiger partial charge in [-0.15, -0.1) is 0 Å². The molecule has 0 bridgehead atoms. The van der Waals surface area contributed by atoms with E-state index in [1.807, 2.05) is 13.0 Å². The van der Waals surface area contributed by atoms with Crippen molar-refractivity contribution in [1.82, 2.24) is 25.1 Å². The van der Waals surface area contributed by atoms with E-state index < -0.39 is 11.7 Å². The third-order valence-electron chi connectivity index (χ3n) is 4.82. The maximum atomic E-state index is 12.7. The molecule has 0 amide bonds. The van der Waals surface area contributed by atoms with Crippen LogP contribution in [0.15, 0.2) is 39.4 Å². The van der Waals surface area contributed by atoms with Crippen LogP contribution in [-0.2, 0) is 19.3 Å². The van der Waals surface area contributed by atoms with Gasteiger partial charge in [-0.2, -0.15) is 18.2 Å². The van der Waals surface area contributed by atoms with E-state index in [0.717, 1.165) is 56.3 Å². The van der Waals surface area contributed by atoms with Gasteiger partial charge < -0.3 is 9.05 Å². The van der Waals surface area contributed by atoms with Crippen molar-refractivity contribution < 1.29 is 22.2 Å². The molecule has 10 heteroatoms. The molecule has 1 fully saturated rings. The van der Waals surface area contributed by atoms with Crippen LogP contribution in [0.2, 0.25) is 0 Å². The van der Waals surface area contributed by atoms with Gasteiger partial charge in [0.05, 0.1) is 17.8 Å². The summed E-state index contributed by atoms with van der Waals surface area (Å²) in [5.41, 5.74) is 0.707. The van der Waals surface area contributed by atoms with Gasteiger partial charge >= 0.3 is 6.18 Å². The Labute approximate surface area is 165 Å². The minimum atomic E-state index is -4.37. The topological polar surface area (TPSA) is 71.4 Å². The minimum Gasteiger partial charge on any atom is -0.361 e. The zero-order chi connectivity index (χ0) is 20.4. The van der Waals surface area contributed by atoms with E-state index in [-0.39, 0.29) is 5.82 Å². The molecule has 0 aliphatic carbocycles. The van der Waals surface area contributed by atoms with E-state index in [9.17, 15) is 13.2 Å². The van der Waals surface area contributed by atoms with Crippen LogP contribution in [0.1, 0.15) is 22.9 Å².